The van der Waals surface area contributed by atoms with Gasteiger partial charge in [-0.2, -0.15) is 0 Å². The van der Waals surface area contributed by atoms with Gasteiger partial charge in [-0.05, 0) is 0 Å². The fourth-order valence-corrected chi connectivity index (χ4v) is 0. The van der Waals surface area contributed by atoms with E-state index in [9.17, 15) is 0 Å². The number of nitrogens with one attached hydrogen (secondary N) is 1. The molecule has 9 heavy (non-hydrogen) atoms. The first-order valence-corrected chi connectivity index (χ1v) is 3.00. The van der Waals surface area contributed by atoms with Crippen LogP contribution in [-0.4, -0.2) is 5.54 Å². The van der Waals surface area contributed by atoms with Crippen molar-refractivity contribution in [1.29, 1.82) is 0 Å². The molecule has 0 saturated carbocycles. The van der Waals surface area contributed by atoms with E-state index in [1.165, 1.54) is 0 Å². The van der Waals surface area contributed by atoms with E-state index in [0.717, 1.165) is 0 Å². The molecule has 1 N–H and O–H groups in total. The molecule has 0 aromatic carbocycles. The molecule has 0 spiro atoms. The van der Waals surface area contributed by atoms with Crippen molar-refractivity contribution in [2.45, 2.75) is 40.2 Å². The van der Waals surface area contributed by atoms with Crippen LogP contribution in [0.3, 0.4) is 0 Å². The van der Waals surface area contributed by atoms with Gasteiger partial charge >= 0.3 is 21.7 Å². The van der Waals surface area contributed by atoms with Gasteiger partial charge in [-0.3, -0.25) is 0 Å². The molecule has 0 saturated heterocycles. The Bertz CT molecular complexity index is 63.9. The monoisotopic (exact) mass is 162 g/mol. The smallest absolute Gasteiger partial charge is 0.672 e. The Hall–Kier alpha value is 0.674. The summed E-state index contributed by atoms with van der Waals surface area (Å²) in [5.41, 5.74) is 7.38. The normalized spacial score (nSPS) is 12.7. The quantitative estimate of drug-likeness (QED) is 0.489. The summed E-state index contributed by atoms with van der Waals surface area (Å²) in [7, 11) is 0. The molecule has 0 bridgehead atoms. The van der Waals surface area contributed by atoms with Gasteiger partial charge in [0.25, 0.3) is 0 Å². The third-order valence-electron chi connectivity index (χ3n) is 1.88. The summed E-state index contributed by atoms with van der Waals surface area (Å²) in [6, 6.07) is 0. The minimum Gasteiger partial charge on any atom is -0.672 e. The van der Waals surface area contributed by atoms with Crippen molar-refractivity contribution in [3.63, 3.8) is 0 Å². The summed E-state index contributed by atoms with van der Waals surface area (Å²) in [5.74, 6) is 0. The minimum absolute atomic E-state index is 0. The molecule has 1 nitrogen and oxygen atoms in total. The van der Waals surface area contributed by atoms with Gasteiger partial charge in [0.1, 0.15) is 0 Å². The van der Waals surface area contributed by atoms with Gasteiger partial charge in [0.05, 0.1) is 0 Å². The molecule has 52 valence electrons. The van der Waals surface area contributed by atoms with Gasteiger partial charge in [-0.15, -0.1) is 5.54 Å². The predicted octanol–water partition coefficient (Wildman–Crippen LogP) is 2.86. The van der Waals surface area contributed by atoms with E-state index in [0.29, 0.717) is 0 Å². The maximum atomic E-state index is 7.58. The van der Waals surface area contributed by atoms with Gasteiger partial charge in [-0.1, -0.05) is 40.0 Å². The molecular weight excluding hydrogens is 146 g/mol. The molecule has 0 rings (SSSR count). The van der Waals surface area contributed by atoms with E-state index in [1.807, 2.05) is 13.8 Å². The number of rotatable bonds is 0. The summed E-state index contributed by atoms with van der Waals surface area (Å²) >= 11 is 0. The average molecular weight is 162 g/mol. The average Bonchev–Trinajstić information content (AvgIpc) is 1.25. The summed E-state index contributed by atoms with van der Waals surface area (Å²) in [5, 5.41) is 0. The fraction of sp³-hybridized carbons (Fsp3) is 1.00. The second-order valence-electron chi connectivity index (χ2n) is 3.88. The zero-order valence-corrected chi connectivity index (χ0v) is 8.56. The Morgan fingerprint density at radius 2 is 1.00 bits per heavy atom. The van der Waals surface area contributed by atoms with Crippen LogP contribution >= 0.6 is 0 Å². The van der Waals surface area contributed by atoms with Crippen LogP contribution in [0.2, 0.25) is 0 Å². The molecule has 0 aromatic rings. The Labute approximate surface area is 73.3 Å². The Morgan fingerprint density at radius 1 is 0.889 bits per heavy atom. The van der Waals surface area contributed by atoms with Crippen molar-refractivity contribution in [2.24, 2.45) is 5.41 Å². The van der Waals surface area contributed by atoms with Crippen LogP contribution in [0.4, 0.5) is 0 Å². The molecule has 0 unspecified atom stereocenters. The molecule has 0 heterocycles. The Morgan fingerprint density at radius 3 is 1.00 bits per heavy atom. The van der Waals surface area contributed by atoms with Gasteiger partial charge in [-0.25, -0.2) is 0 Å². The summed E-state index contributed by atoms with van der Waals surface area (Å²) < 4.78 is 0. The van der Waals surface area contributed by atoms with E-state index in [1.54, 1.807) is 0 Å². The topological polar surface area (TPSA) is 23.8 Å². The fourth-order valence-electron chi connectivity index (χ4n) is 0. The molecule has 0 aliphatic rings. The molecule has 2 heteroatoms. The molecule has 0 aliphatic heterocycles. The second kappa shape index (κ2) is 3.18. The zero-order valence-electron chi connectivity index (χ0n) is 7.00. The molecule has 0 aliphatic carbocycles. The van der Waals surface area contributed by atoms with Crippen LogP contribution in [-0.2, 0) is 21.7 Å². The van der Waals surface area contributed by atoms with Crippen LogP contribution < -0.4 is 0 Å². The van der Waals surface area contributed by atoms with E-state index in [4.69, 9.17) is 5.73 Å². The van der Waals surface area contributed by atoms with Crippen LogP contribution in [0.15, 0.2) is 0 Å². The summed E-state index contributed by atoms with van der Waals surface area (Å²) in [4.78, 5) is 0. The van der Waals surface area contributed by atoms with Crippen molar-refractivity contribution in [3.8, 4) is 0 Å². The first-order valence-electron chi connectivity index (χ1n) is 3.00. The van der Waals surface area contributed by atoms with Crippen molar-refractivity contribution >= 4 is 0 Å². The summed E-state index contributed by atoms with van der Waals surface area (Å²) in [6.07, 6.45) is 0. The van der Waals surface area contributed by atoms with Crippen molar-refractivity contribution in [3.05, 3.63) is 5.73 Å². The van der Waals surface area contributed by atoms with Crippen LogP contribution in [0.1, 0.15) is 34.6 Å². The molecule has 0 atom stereocenters. The van der Waals surface area contributed by atoms with Crippen molar-refractivity contribution < 1.29 is 21.7 Å². The summed E-state index contributed by atoms with van der Waals surface area (Å²) in [6.45, 7) is 10.1. The van der Waals surface area contributed by atoms with Gasteiger partial charge in [0.2, 0.25) is 0 Å². The largest absolute Gasteiger partial charge is 2.00 e. The third-order valence-corrected chi connectivity index (χ3v) is 1.88. The van der Waals surface area contributed by atoms with Gasteiger partial charge < -0.3 is 5.73 Å². The molecular formula is C7H16NTi+. The first-order chi connectivity index (χ1) is 3.25. The van der Waals surface area contributed by atoms with Gasteiger partial charge in [0, 0.05) is 0 Å². The predicted molar refractivity (Wildman–Crippen MR) is 37.9 cm³/mol. The maximum Gasteiger partial charge on any atom is 2.00 e. The van der Waals surface area contributed by atoms with Crippen LogP contribution in [0.5, 0.6) is 0 Å². The molecule has 0 radical (unpaired) electrons. The van der Waals surface area contributed by atoms with Crippen molar-refractivity contribution in [1.82, 2.24) is 0 Å². The van der Waals surface area contributed by atoms with Gasteiger partial charge in [0.15, 0.2) is 0 Å². The van der Waals surface area contributed by atoms with E-state index in [-0.39, 0.29) is 32.7 Å². The Kier molecular flexibility index (Phi) is 4.37. The molecule has 0 aromatic heterocycles. The zero-order chi connectivity index (χ0) is 7.00. The van der Waals surface area contributed by atoms with Crippen molar-refractivity contribution in [2.75, 3.05) is 0 Å². The van der Waals surface area contributed by atoms with E-state index < -0.39 is 0 Å². The van der Waals surface area contributed by atoms with Crippen LogP contribution in [0, 0.1) is 5.41 Å². The maximum absolute atomic E-state index is 7.58. The SMILES string of the molecule is CC(C)(C)C(C)(C)[NH-].[Ti+2]. The standard InChI is InChI=1S/C7H16N.Ti/c1-6(2,3)7(4,5)8;/h8H,1-5H3;/q-1;+2. The third kappa shape index (κ3) is 4.13. The Balaban J connectivity index is 0. The first kappa shape index (κ1) is 12.4. The second-order valence-corrected chi connectivity index (χ2v) is 3.88. The number of hydrogen-bond donors (Lipinski definition) is 0. The van der Waals surface area contributed by atoms with E-state index in [2.05, 4.69) is 20.8 Å². The van der Waals surface area contributed by atoms with E-state index >= 15 is 0 Å². The minimum atomic E-state index is -0.312. The molecule has 0 fully saturated rings. The number of hydrogen-bond acceptors (Lipinski definition) is 0. The molecule has 0 amide bonds. The van der Waals surface area contributed by atoms with Crippen LogP contribution in [0.25, 0.3) is 5.73 Å².